The number of nitrogens with one attached hydrogen (secondary N) is 2. The first-order valence-electron chi connectivity index (χ1n) is 9.57. The topological polar surface area (TPSA) is 108 Å². The quantitative estimate of drug-likeness (QED) is 0.338. The van der Waals surface area contributed by atoms with Gasteiger partial charge in [0.25, 0.3) is 18.0 Å². The van der Waals surface area contributed by atoms with E-state index in [1.807, 2.05) is 25.1 Å². The molecule has 2 amide bonds. The summed E-state index contributed by atoms with van der Waals surface area (Å²) in [5.74, 6) is -2.79. The molecule has 0 aliphatic rings. The molecule has 30 heavy (non-hydrogen) atoms. The first kappa shape index (κ1) is 23.4. The Hall–Kier alpha value is -2.91. The van der Waals surface area contributed by atoms with Crippen LogP contribution in [-0.4, -0.2) is 54.7 Å². The van der Waals surface area contributed by atoms with E-state index < -0.39 is 31.0 Å². The van der Waals surface area contributed by atoms with E-state index in [1.165, 1.54) is 0 Å². The fourth-order valence-corrected chi connectivity index (χ4v) is 2.83. The van der Waals surface area contributed by atoms with Crippen LogP contribution in [0.3, 0.4) is 0 Å². The van der Waals surface area contributed by atoms with Gasteiger partial charge in [-0.05, 0) is 43.0 Å². The van der Waals surface area contributed by atoms with Gasteiger partial charge in [0.05, 0.1) is 13.1 Å². The lowest BCUT2D eigenvalue weighted by atomic mass is 9.75. The summed E-state index contributed by atoms with van der Waals surface area (Å²) in [5.41, 5.74) is 2.64. The van der Waals surface area contributed by atoms with Crippen molar-refractivity contribution in [3.05, 3.63) is 65.2 Å². The molecule has 0 bridgehead atoms. The van der Waals surface area contributed by atoms with Crippen LogP contribution in [0.25, 0.3) is 0 Å². The number of ether oxygens (including phenoxy) is 1. The number of benzene rings is 2. The lowest BCUT2D eigenvalue weighted by Gasteiger charge is -2.19. The Bertz CT molecular complexity index is 848. The number of carbonyl (C=O) groups excluding carboxylic acids is 2. The standard InChI is InChI=1S/C21H26BFN2O5/c1-14-6-8-16(9-7-14)13-18(22(28)29)25-21(27)19(23)20(26)24-11-10-15-4-3-5-17(12-15)30-2/h3-9,12,18-19,28-29H,10-11,13H2,1-2H3,(H,24,26)(H,25,27)/t18-,19?/m0/s1. The number of hydrogen-bond acceptors (Lipinski definition) is 5. The van der Waals surface area contributed by atoms with Crippen LogP contribution in [0.5, 0.6) is 5.75 Å². The summed E-state index contributed by atoms with van der Waals surface area (Å²) in [4.78, 5) is 24.0. The fraction of sp³-hybridized carbons (Fsp3) is 0.333. The average molecular weight is 416 g/mol. The monoisotopic (exact) mass is 416 g/mol. The van der Waals surface area contributed by atoms with Crippen molar-refractivity contribution in [2.45, 2.75) is 31.9 Å². The minimum absolute atomic E-state index is 0.0772. The van der Waals surface area contributed by atoms with Crippen LogP contribution in [-0.2, 0) is 22.4 Å². The third-order valence-electron chi connectivity index (χ3n) is 4.57. The largest absolute Gasteiger partial charge is 0.497 e. The summed E-state index contributed by atoms with van der Waals surface area (Å²) in [6.45, 7) is 2.04. The molecule has 0 aliphatic heterocycles. The van der Waals surface area contributed by atoms with Crippen LogP contribution >= 0.6 is 0 Å². The predicted molar refractivity (Wildman–Crippen MR) is 112 cm³/mol. The number of methoxy groups -OCH3 is 1. The number of carbonyl (C=O) groups is 2. The van der Waals surface area contributed by atoms with Gasteiger partial charge < -0.3 is 25.4 Å². The fourth-order valence-electron chi connectivity index (χ4n) is 2.83. The molecule has 0 saturated heterocycles. The Labute approximate surface area is 175 Å². The molecule has 9 heteroatoms. The van der Waals surface area contributed by atoms with E-state index in [-0.39, 0.29) is 13.0 Å². The molecule has 0 saturated carbocycles. The Morgan fingerprint density at radius 3 is 2.43 bits per heavy atom. The van der Waals surface area contributed by atoms with Gasteiger partial charge >= 0.3 is 7.12 Å². The number of alkyl halides is 1. The minimum Gasteiger partial charge on any atom is -0.497 e. The van der Waals surface area contributed by atoms with E-state index in [0.29, 0.717) is 12.2 Å². The highest BCUT2D eigenvalue weighted by molar-refractivity contribution is 6.43. The second kappa shape index (κ2) is 11.3. The Morgan fingerprint density at radius 1 is 1.10 bits per heavy atom. The van der Waals surface area contributed by atoms with Gasteiger partial charge in [0.2, 0.25) is 0 Å². The van der Waals surface area contributed by atoms with E-state index in [2.05, 4.69) is 10.6 Å². The van der Waals surface area contributed by atoms with Crippen molar-refractivity contribution in [1.82, 2.24) is 10.6 Å². The van der Waals surface area contributed by atoms with E-state index in [4.69, 9.17) is 4.74 Å². The number of rotatable bonds is 10. The van der Waals surface area contributed by atoms with Gasteiger partial charge in [-0.2, -0.15) is 0 Å². The van der Waals surface area contributed by atoms with Crippen LogP contribution < -0.4 is 15.4 Å². The van der Waals surface area contributed by atoms with Gasteiger partial charge in [-0.25, -0.2) is 4.39 Å². The smallest absolute Gasteiger partial charge is 0.475 e. The van der Waals surface area contributed by atoms with Gasteiger partial charge in [0.1, 0.15) is 5.75 Å². The van der Waals surface area contributed by atoms with Gasteiger partial charge in [-0.15, -0.1) is 0 Å². The molecule has 2 aromatic rings. The number of aryl methyl sites for hydroxylation is 1. The number of amides is 2. The molecule has 0 spiro atoms. The predicted octanol–water partition coefficient (Wildman–Crippen LogP) is 0.740. The molecular formula is C21H26BFN2O5. The molecule has 0 aliphatic carbocycles. The minimum atomic E-state index is -2.46. The SMILES string of the molecule is COc1cccc(CCNC(=O)C(F)C(=O)N[C@@H](Cc2ccc(C)cc2)B(O)O)c1. The second-order valence-corrected chi connectivity index (χ2v) is 6.97. The summed E-state index contributed by atoms with van der Waals surface area (Å²) < 4.78 is 19.4. The molecule has 0 aromatic heterocycles. The molecular weight excluding hydrogens is 390 g/mol. The maximum absolute atomic E-state index is 14.2. The van der Waals surface area contributed by atoms with Crippen molar-refractivity contribution in [2.75, 3.05) is 13.7 Å². The van der Waals surface area contributed by atoms with Crippen molar-refractivity contribution >= 4 is 18.9 Å². The van der Waals surface area contributed by atoms with Crippen molar-refractivity contribution in [3.8, 4) is 5.75 Å². The Balaban J connectivity index is 1.85. The highest BCUT2D eigenvalue weighted by atomic mass is 19.1. The lowest BCUT2D eigenvalue weighted by molar-refractivity contribution is -0.136. The van der Waals surface area contributed by atoms with Gasteiger partial charge in [0.15, 0.2) is 0 Å². The van der Waals surface area contributed by atoms with Crippen molar-refractivity contribution in [1.29, 1.82) is 0 Å². The number of hydrogen-bond donors (Lipinski definition) is 4. The van der Waals surface area contributed by atoms with Gasteiger partial charge in [-0.1, -0.05) is 42.0 Å². The maximum atomic E-state index is 14.2. The average Bonchev–Trinajstić information content (AvgIpc) is 2.74. The van der Waals surface area contributed by atoms with Crippen LogP contribution in [0.15, 0.2) is 48.5 Å². The first-order chi connectivity index (χ1) is 14.3. The first-order valence-corrected chi connectivity index (χ1v) is 9.57. The third kappa shape index (κ3) is 7.16. The van der Waals surface area contributed by atoms with E-state index in [9.17, 15) is 24.0 Å². The second-order valence-electron chi connectivity index (χ2n) is 6.97. The van der Waals surface area contributed by atoms with E-state index >= 15 is 0 Å². The van der Waals surface area contributed by atoms with Crippen molar-refractivity contribution in [2.24, 2.45) is 0 Å². The van der Waals surface area contributed by atoms with Crippen LogP contribution in [0.1, 0.15) is 16.7 Å². The molecule has 160 valence electrons. The van der Waals surface area contributed by atoms with Crippen LogP contribution in [0.4, 0.5) is 4.39 Å². The van der Waals surface area contributed by atoms with Crippen LogP contribution in [0.2, 0.25) is 0 Å². The molecule has 2 aromatic carbocycles. The summed E-state index contributed by atoms with van der Waals surface area (Å²) in [7, 11) is -0.360. The molecule has 0 radical (unpaired) electrons. The normalized spacial score (nSPS) is 12.6. The molecule has 0 heterocycles. The molecule has 4 N–H and O–H groups in total. The van der Waals surface area contributed by atoms with Crippen LogP contribution in [0, 0.1) is 6.92 Å². The summed E-state index contributed by atoms with van der Waals surface area (Å²) in [6, 6.07) is 14.4. The highest BCUT2D eigenvalue weighted by Gasteiger charge is 2.32. The number of halogens is 1. The summed E-state index contributed by atoms with van der Waals surface area (Å²) in [5, 5.41) is 23.6. The van der Waals surface area contributed by atoms with Crippen molar-refractivity contribution in [3.63, 3.8) is 0 Å². The van der Waals surface area contributed by atoms with E-state index in [1.54, 1.807) is 37.4 Å². The van der Waals surface area contributed by atoms with E-state index in [0.717, 1.165) is 16.7 Å². The summed E-state index contributed by atoms with van der Waals surface area (Å²) in [6.07, 6.45) is -1.95. The molecule has 0 fully saturated rings. The highest BCUT2D eigenvalue weighted by Crippen LogP contribution is 2.12. The molecule has 2 atom stereocenters. The van der Waals surface area contributed by atoms with Gasteiger partial charge in [-0.3, -0.25) is 9.59 Å². The zero-order valence-electron chi connectivity index (χ0n) is 17.0. The molecule has 1 unspecified atom stereocenters. The summed E-state index contributed by atoms with van der Waals surface area (Å²) >= 11 is 0. The third-order valence-corrected chi connectivity index (χ3v) is 4.57. The van der Waals surface area contributed by atoms with Crippen molar-refractivity contribution < 1.29 is 28.8 Å². The maximum Gasteiger partial charge on any atom is 0.475 e. The zero-order chi connectivity index (χ0) is 22.1. The molecule has 7 nitrogen and oxygen atoms in total. The Kier molecular flexibility index (Phi) is 8.82. The zero-order valence-corrected chi connectivity index (χ0v) is 17.0. The molecule has 2 rings (SSSR count). The Morgan fingerprint density at radius 2 is 1.80 bits per heavy atom. The van der Waals surface area contributed by atoms with Gasteiger partial charge in [0, 0.05) is 6.54 Å². The lowest BCUT2D eigenvalue weighted by Crippen LogP contribution is -2.53.